The molecule has 1 amide bonds. The van der Waals surface area contributed by atoms with E-state index in [-0.39, 0.29) is 36.8 Å². The van der Waals surface area contributed by atoms with E-state index in [4.69, 9.17) is 4.74 Å². The van der Waals surface area contributed by atoms with Crippen molar-refractivity contribution in [1.82, 2.24) is 10.2 Å². The van der Waals surface area contributed by atoms with Crippen LogP contribution in [0.3, 0.4) is 0 Å². The van der Waals surface area contributed by atoms with Crippen LogP contribution in [-0.4, -0.2) is 37.0 Å². The van der Waals surface area contributed by atoms with Crippen molar-refractivity contribution in [1.29, 1.82) is 0 Å². The Morgan fingerprint density at radius 2 is 2.00 bits per heavy atom. The highest BCUT2D eigenvalue weighted by atomic mass is 35.5. The Morgan fingerprint density at radius 3 is 2.63 bits per heavy atom. The van der Waals surface area contributed by atoms with Crippen molar-refractivity contribution in [2.45, 2.75) is 25.8 Å². The number of rotatable bonds is 7. The van der Waals surface area contributed by atoms with E-state index >= 15 is 0 Å². The van der Waals surface area contributed by atoms with Gasteiger partial charge in [0.15, 0.2) is 6.61 Å². The summed E-state index contributed by atoms with van der Waals surface area (Å²) >= 11 is 1.73. The maximum Gasteiger partial charge on any atom is 0.258 e. The fourth-order valence-electron chi connectivity index (χ4n) is 3.17. The Bertz CT molecular complexity index is 689. The Kier molecular flexibility index (Phi) is 8.54. The zero-order chi connectivity index (χ0) is 18.4. The number of hydrogen-bond donors (Lipinski definition) is 1. The molecular formula is C20H26ClFN2O2S. The van der Waals surface area contributed by atoms with Gasteiger partial charge in [-0.1, -0.05) is 13.0 Å². The molecule has 0 spiro atoms. The van der Waals surface area contributed by atoms with Gasteiger partial charge in [0.05, 0.1) is 6.04 Å². The first-order valence-corrected chi connectivity index (χ1v) is 9.92. The first-order valence-electron chi connectivity index (χ1n) is 9.04. The summed E-state index contributed by atoms with van der Waals surface area (Å²) in [4.78, 5) is 15.9. The second-order valence-corrected chi connectivity index (χ2v) is 7.78. The zero-order valence-corrected chi connectivity index (χ0v) is 17.0. The highest BCUT2D eigenvalue weighted by molar-refractivity contribution is 7.10. The first kappa shape index (κ1) is 21.7. The van der Waals surface area contributed by atoms with Crippen LogP contribution in [0.5, 0.6) is 5.75 Å². The average Bonchev–Trinajstić information content (AvgIpc) is 3.17. The van der Waals surface area contributed by atoms with Crippen molar-refractivity contribution in [2.24, 2.45) is 5.92 Å². The number of amides is 1. The van der Waals surface area contributed by atoms with Crippen molar-refractivity contribution >= 4 is 29.7 Å². The number of carbonyl (C=O) groups is 1. The molecule has 0 radical (unpaired) electrons. The number of hydrogen-bond acceptors (Lipinski definition) is 4. The van der Waals surface area contributed by atoms with Crippen LogP contribution < -0.4 is 10.1 Å². The lowest BCUT2D eigenvalue weighted by Gasteiger charge is -2.36. The fourth-order valence-corrected chi connectivity index (χ4v) is 4.03. The summed E-state index contributed by atoms with van der Waals surface area (Å²) < 4.78 is 18.3. The predicted octanol–water partition coefficient (Wildman–Crippen LogP) is 4.28. The Labute approximate surface area is 170 Å². The van der Waals surface area contributed by atoms with Crippen molar-refractivity contribution in [2.75, 3.05) is 26.2 Å². The Morgan fingerprint density at radius 1 is 1.30 bits per heavy atom. The van der Waals surface area contributed by atoms with Crippen LogP contribution in [0.4, 0.5) is 4.39 Å². The highest BCUT2D eigenvalue weighted by Crippen LogP contribution is 2.29. The zero-order valence-electron chi connectivity index (χ0n) is 15.4. The van der Waals surface area contributed by atoms with Crippen LogP contribution in [0.1, 0.15) is 30.7 Å². The van der Waals surface area contributed by atoms with E-state index in [0.717, 1.165) is 19.0 Å². The van der Waals surface area contributed by atoms with Gasteiger partial charge >= 0.3 is 0 Å². The summed E-state index contributed by atoms with van der Waals surface area (Å²) in [6.07, 6.45) is 2.40. The summed E-state index contributed by atoms with van der Waals surface area (Å²) in [6.45, 7) is 4.92. The number of nitrogens with one attached hydrogen (secondary N) is 1. The molecule has 1 aliphatic rings. The van der Waals surface area contributed by atoms with Crippen LogP contribution in [0.15, 0.2) is 41.8 Å². The van der Waals surface area contributed by atoms with Crippen LogP contribution in [0.2, 0.25) is 0 Å². The number of halogens is 2. The molecule has 3 rings (SSSR count). The van der Waals surface area contributed by atoms with Gasteiger partial charge in [-0.2, -0.15) is 0 Å². The summed E-state index contributed by atoms with van der Waals surface area (Å²) in [5, 5.41) is 5.07. The Balaban J connectivity index is 0.00000261. The molecule has 2 aromatic rings. The lowest BCUT2D eigenvalue weighted by Crippen LogP contribution is -2.42. The minimum atomic E-state index is -0.323. The van der Waals surface area contributed by atoms with E-state index < -0.39 is 0 Å². The molecule has 1 aliphatic heterocycles. The van der Waals surface area contributed by atoms with Crippen LogP contribution in [0.25, 0.3) is 0 Å². The Hall–Kier alpha value is -1.63. The number of carbonyl (C=O) groups excluding carboxylic acids is 1. The molecule has 1 N–H and O–H groups in total. The predicted molar refractivity (Wildman–Crippen MR) is 109 cm³/mol. The lowest BCUT2D eigenvalue weighted by molar-refractivity contribution is -0.123. The third-order valence-corrected chi connectivity index (χ3v) is 5.78. The normalized spacial score (nSPS) is 16.4. The minimum absolute atomic E-state index is 0. The second-order valence-electron chi connectivity index (χ2n) is 6.80. The van der Waals surface area contributed by atoms with E-state index in [1.54, 1.807) is 11.3 Å². The third-order valence-electron chi connectivity index (χ3n) is 4.81. The monoisotopic (exact) mass is 412 g/mol. The van der Waals surface area contributed by atoms with Gasteiger partial charge in [0.1, 0.15) is 11.6 Å². The molecule has 0 saturated carbocycles. The van der Waals surface area contributed by atoms with Gasteiger partial charge in [-0.05, 0) is 67.6 Å². The fraction of sp³-hybridized carbons (Fsp3) is 0.450. The molecule has 1 fully saturated rings. The van der Waals surface area contributed by atoms with Gasteiger partial charge in [-0.3, -0.25) is 9.69 Å². The summed E-state index contributed by atoms with van der Waals surface area (Å²) in [5.41, 5.74) is 0. The molecule has 1 unspecified atom stereocenters. The molecule has 1 aromatic heterocycles. The van der Waals surface area contributed by atoms with Crippen molar-refractivity contribution in [3.05, 3.63) is 52.5 Å². The largest absolute Gasteiger partial charge is 0.484 e. The van der Waals surface area contributed by atoms with E-state index in [1.165, 1.54) is 42.0 Å². The topological polar surface area (TPSA) is 41.6 Å². The molecule has 7 heteroatoms. The van der Waals surface area contributed by atoms with E-state index in [1.807, 2.05) is 0 Å². The van der Waals surface area contributed by atoms with Gasteiger partial charge in [0.2, 0.25) is 0 Å². The molecule has 0 bridgehead atoms. The van der Waals surface area contributed by atoms with Crippen molar-refractivity contribution in [3.63, 3.8) is 0 Å². The number of nitrogens with zero attached hydrogens (tertiary/aromatic N) is 1. The SMILES string of the molecule is CC1CCN(C(CNC(=O)COc2ccc(F)cc2)c2cccs2)CC1.Cl. The number of piperidine rings is 1. The second kappa shape index (κ2) is 10.6. The van der Waals surface area contributed by atoms with Gasteiger partial charge in [-0.15, -0.1) is 23.7 Å². The van der Waals surface area contributed by atoms with Crippen LogP contribution >= 0.6 is 23.7 Å². The molecule has 1 aromatic carbocycles. The van der Waals surface area contributed by atoms with Crippen LogP contribution in [-0.2, 0) is 4.79 Å². The molecule has 1 saturated heterocycles. The van der Waals surface area contributed by atoms with Gasteiger partial charge in [0, 0.05) is 11.4 Å². The van der Waals surface area contributed by atoms with E-state index in [2.05, 4.69) is 34.7 Å². The smallest absolute Gasteiger partial charge is 0.258 e. The number of likely N-dealkylation sites (tertiary alicyclic amines) is 1. The standard InChI is InChI=1S/C20H25FN2O2S.ClH/c1-15-8-10-23(11-9-15)18(19-3-2-12-26-19)13-22-20(24)14-25-17-6-4-16(21)5-7-17;/h2-7,12,15,18H,8-11,13-14H2,1H3,(H,22,24);1H. The van der Waals surface area contributed by atoms with Gasteiger partial charge in [-0.25, -0.2) is 4.39 Å². The molecule has 1 atom stereocenters. The van der Waals surface area contributed by atoms with Crippen molar-refractivity contribution < 1.29 is 13.9 Å². The molecule has 0 aliphatic carbocycles. The minimum Gasteiger partial charge on any atom is -0.484 e. The van der Waals surface area contributed by atoms with Gasteiger partial charge < -0.3 is 10.1 Å². The number of ether oxygens (including phenoxy) is 1. The quantitative estimate of drug-likeness (QED) is 0.738. The number of thiophene rings is 1. The maximum atomic E-state index is 12.9. The summed E-state index contributed by atoms with van der Waals surface area (Å²) in [7, 11) is 0. The highest BCUT2D eigenvalue weighted by Gasteiger charge is 2.25. The van der Waals surface area contributed by atoms with Gasteiger partial charge in [0.25, 0.3) is 5.91 Å². The van der Waals surface area contributed by atoms with Crippen molar-refractivity contribution in [3.8, 4) is 5.75 Å². The summed E-state index contributed by atoms with van der Waals surface area (Å²) in [6, 6.07) is 10.1. The average molecular weight is 413 g/mol. The molecule has 27 heavy (non-hydrogen) atoms. The number of benzene rings is 1. The molecule has 2 heterocycles. The molecule has 148 valence electrons. The lowest BCUT2D eigenvalue weighted by atomic mass is 9.97. The third kappa shape index (κ3) is 6.48. The van der Waals surface area contributed by atoms with Crippen LogP contribution in [0, 0.1) is 11.7 Å². The molecular weight excluding hydrogens is 387 g/mol. The van der Waals surface area contributed by atoms with E-state index in [9.17, 15) is 9.18 Å². The molecule has 4 nitrogen and oxygen atoms in total. The maximum absolute atomic E-state index is 12.9. The summed E-state index contributed by atoms with van der Waals surface area (Å²) in [5.74, 6) is 0.771. The first-order chi connectivity index (χ1) is 12.6. The van der Waals surface area contributed by atoms with E-state index in [0.29, 0.717) is 12.3 Å².